The third kappa shape index (κ3) is 1.95. The number of nitrogens with zero attached hydrogens (tertiary/aromatic N) is 3. The first-order valence-corrected chi connectivity index (χ1v) is 5.04. The van der Waals surface area contributed by atoms with Crippen LogP contribution in [0.4, 0.5) is 0 Å². The molecule has 0 amide bonds. The molecule has 15 heavy (non-hydrogen) atoms. The van der Waals surface area contributed by atoms with Gasteiger partial charge in [-0.15, -0.1) is 0 Å². The molecule has 0 aliphatic heterocycles. The van der Waals surface area contributed by atoms with E-state index in [9.17, 15) is 4.79 Å². The topological polar surface area (TPSA) is 76.0 Å². The molecule has 0 spiro atoms. The Morgan fingerprint density at radius 3 is 2.87 bits per heavy atom. The lowest BCUT2D eigenvalue weighted by Crippen LogP contribution is -1.96. The summed E-state index contributed by atoms with van der Waals surface area (Å²) in [5.41, 5.74) is 0.656. The summed E-state index contributed by atoms with van der Waals surface area (Å²) in [6.07, 6.45) is 4.41. The van der Waals surface area contributed by atoms with Crippen LogP contribution in [-0.2, 0) is 0 Å². The summed E-state index contributed by atoms with van der Waals surface area (Å²) in [5, 5.41) is 8.90. The van der Waals surface area contributed by atoms with Crippen molar-refractivity contribution < 1.29 is 9.90 Å². The molecule has 0 radical (unpaired) electrons. The van der Waals surface area contributed by atoms with Gasteiger partial charge in [0.25, 0.3) is 0 Å². The second-order valence-electron chi connectivity index (χ2n) is 2.54. The third-order valence-corrected chi connectivity index (χ3v) is 2.75. The Balaban J connectivity index is 2.58. The average molecular weight is 242 g/mol. The predicted octanol–water partition coefficient (Wildman–Crippen LogP) is 1.95. The Labute approximate surface area is 93.4 Å². The molecule has 0 saturated carbocycles. The molecule has 2 rings (SSSR count). The van der Waals surface area contributed by atoms with Crippen LogP contribution in [0.1, 0.15) is 9.67 Å². The number of hydrogen-bond donors (Lipinski definition) is 1. The maximum atomic E-state index is 10.9. The summed E-state index contributed by atoms with van der Waals surface area (Å²) in [6, 6.07) is 0. The van der Waals surface area contributed by atoms with E-state index < -0.39 is 5.97 Å². The predicted molar refractivity (Wildman–Crippen MR) is 55.1 cm³/mol. The summed E-state index contributed by atoms with van der Waals surface area (Å²) in [4.78, 5) is 22.6. The summed E-state index contributed by atoms with van der Waals surface area (Å²) in [7, 11) is 0. The zero-order valence-corrected chi connectivity index (χ0v) is 8.79. The van der Waals surface area contributed by atoms with Crippen LogP contribution in [0.25, 0.3) is 11.4 Å². The molecule has 76 valence electrons. The van der Waals surface area contributed by atoms with Crippen molar-refractivity contribution in [3.63, 3.8) is 0 Å². The number of halogens is 1. The monoisotopic (exact) mass is 241 g/mol. The molecule has 2 aromatic rings. The molecule has 2 heterocycles. The molecule has 0 aliphatic rings. The van der Waals surface area contributed by atoms with Gasteiger partial charge in [0.05, 0.1) is 6.20 Å². The molecule has 1 N–H and O–H groups in total. The Bertz CT molecular complexity index is 500. The van der Waals surface area contributed by atoms with E-state index in [0.29, 0.717) is 5.69 Å². The maximum absolute atomic E-state index is 10.9. The molecule has 0 fully saturated rings. The van der Waals surface area contributed by atoms with Crippen molar-refractivity contribution in [1.29, 1.82) is 0 Å². The highest BCUT2D eigenvalue weighted by Crippen LogP contribution is 2.29. The second-order valence-corrected chi connectivity index (χ2v) is 4.12. The number of aromatic carboxylic acids is 1. The molecule has 0 atom stereocenters. The van der Waals surface area contributed by atoms with E-state index in [-0.39, 0.29) is 15.0 Å². The van der Waals surface area contributed by atoms with Crippen LogP contribution in [0.3, 0.4) is 0 Å². The van der Waals surface area contributed by atoms with Gasteiger partial charge >= 0.3 is 5.97 Å². The van der Waals surface area contributed by atoms with Crippen LogP contribution in [0.5, 0.6) is 0 Å². The smallest absolute Gasteiger partial charge is 0.348 e. The molecule has 0 saturated heterocycles. The Morgan fingerprint density at radius 1 is 1.47 bits per heavy atom. The molecule has 5 nitrogen and oxygen atoms in total. The first-order chi connectivity index (χ1) is 7.18. The number of rotatable bonds is 2. The lowest BCUT2D eigenvalue weighted by molar-refractivity contribution is 0.0702. The number of carbonyl (C=O) groups is 1. The SMILES string of the molecule is O=C(O)c1sc(Cl)nc1-c1cnccn1. The summed E-state index contributed by atoms with van der Waals surface area (Å²) >= 11 is 6.56. The van der Waals surface area contributed by atoms with Gasteiger partial charge in [-0.2, -0.15) is 0 Å². The highest BCUT2D eigenvalue weighted by Gasteiger charge is 2.18. The largest absolute Gasteiger partial charge is 0.477 e. The van der Waals surface area contributed by atoms with E-state index in [2.05, 4.69) is 15.0 Å². The van der Waals surface area contributed by atoms with E-state index in [0.717, 1.165) is 11.3 Å². The highest BCUT2D eigenvalue weighted by atomic mass is 35.5. The van der Waals surface area contributed by atoms with Crippen molar-refractivity contribution >= 4 is 28.9 Å². The van der Waals surface area contributed by atoms with Gasteiger partial charge in [0.2, 0.25) is 0 Å². The van der Waals surface area contributed by atoms with Gasteiger partial charge in [0.15, 0.2) is 4.47 Å². The van der Waals surface area contributed by atoms with Crippen LogP contribution >= 0.6 is 22.9 Å². The van der Waals surface area contributed by atoms with Gasteiger partial charge < -0.3 is 5.11 Å². The van der Waals surface area contributed by atoms with E-state index in [1.807, 2.05) is 0 Å². The van der Waals surface area contributed by atoms with Crippen LogP contribution in [0, 0.1) is 0 Å². The summed E-state index contributed by atoms with van der Waals surface area (Å²) in [6.45, 7) is 0. The van der Waals surface area contributed by atoms with Gasteiger partial charge in [-0.1, -0.05) is 22.9 Å². The van der Waals surface area contributed by atoms with E-state index in [1.165, 1.54) is 18.6 Å². The van der Waals surface area contributed by atoms with Crippen molar-refractivity contribution in [1.82, 2.24) is 15.0 Å². The molecule has 2 aromatic heterocycles. The van der Waals surface area contributed by atoms with E-state index in [4.69, 9.17) is 16.7 Å². The Morgan fingerprint density at radius 2 is 2.27 bits per heavy atom. The molecular formula is C8H4ClN3O2S. The van der Waals surface area contributed by atoms with Crippen LogP contribution in [0.15, 0.2) is 18.6 Å². The molecule has 0 aromatic carbocycles. The fourth-order valence-corrected chi connectivity index (χ4v) is 1.99. The average Bonchev–Trinajstić information content (AvgIpc) is 2.62. The van der Waals surface area contributed by atoms with Crippen LogP contribution in [0.2, 0.25) is 4.47 Å². The Kier molecular flexibility index (Phi) is 2.61. The number of aromatic nitrogens is 3. The standard InChI is InChI=1S/C8H4ClN3O2S/c9-8-12-5(6(15-8)7(13)14)4-3-10-1-2-11-4/h1-3H,(H,13,14). The molecule has 0 aliphatic carbocycles. The molecule has 0 unspecified atom stereocenters. The lowest BCUT2D eigenvalue weighted by Gasteiger charge is -1.95. The van der Waals surface area contributed by atoms with Crippen molar-refractivity contribution in [3.8, 4) is 11.4 Å². The minimum Gasteiger partial charge on any atom is -0.477 e. The molecular weight excluding hydrogens is 238 g/mol. The van der Waals surface area contributed by atoms with E-state index in [1.54, 1.807) is 0 Å². The van der Waals surface area contributed by atoms with Gasteiger partial charge in [0, 0.05) is 12.4 Å². The van der Waals surface area contributed by atoms with Gasteiger partial charge in [-0.25, -0.2) is 9.78 Å². The normalized spacial score (nSPS) is 10.2. The van der Waals surface area contributed by atoms with Crippen molar-refractivity contribution in [2.45, 2.75) is 0 Å². The fourth-order valence-electron chi connectivity index (χ4n) is 1.03. The van der Waals surface area contributed by atoms with Gasteiger partial charge in [-0.05, 0) is 0 Å². The van der Waals surface area contributed by atoms with Gasteiger partial charge in [-0.3, -0.25) is 9.97 Å². The maximum Gasteiger partial charge on any atom is 0.348 e. The Hall–Kier alpha value is -1.53. The molecule has 0 bridgehead atoms. The number of thiazole rings is 1. The number of carboxylic acids is 1. The zero-order valence-electron chi connectivity index (χ0n) is 7.22. The van der Waals surface area contributed by atoms with Crippen LogP contribution < -0.4 is 0 Å². The fraction of sp³-hybridized carbons (Fsp3) is 0. The minimum absolute atomic E-state index is 0.0699. The van der Waals surface area contributed by atoms with Crippen molar-refractivity contribution in [2.24, 2.45) is 0 Å². The summed E-state index contributed by atoms with van der Waals surface area (Å²) in [5.74, 6) is -1.07. The number of carboxylic acid groups (broad SMARTS) is 1. The summed E-state index contributed by atoms with van der Waals surface area (Å²) < 4.78 is 0.174. The minimum atomic E-state index is -1.07. The van der Waals surface area contributed by atoms with Gasteiger partial charge in [0.1, 0.15) is 16.3 Å². The second kappa shape index (κ2) is 3.92. The van der Waals surface area contributed by atoms with E-state index >= 15 is 0 Å². The third-order valence-electron chi connectivity index (χ3n) is 1.60. The first kappa shape index (κ1) is 10.0. The molecule has 7 heteroatoms. The quantitative estimate of drug-likeness (QED) is 0.870. The van der Waals surface area contributed by atoms with Crippen molar-refractivity contribution in [2.75, 3.05) is 0 Å². The van der Waals surface area contributed by atoms with Crippen molar-refractivity contribution in [3.05, 3.63) is 27.9 Å². The highest BCUT2D eigenvalue weighted by molar-refractivity contribution is 7.17. The zero-order chi connectivity index (χ0) is 10.8. The number of hydrogen-bond acceptors (Lipinski definition) is 5. The first-order valence-electron chi connectivity index (χ1n) is 3.84. The lowest BCUT2D eigenvalue weighted by atomic mass is 10.3. The van der Waals surface area contributed by atoms with Crippen LogP contribution in [-0.4, -0.2) is 26.0 Å².